The quantitative estimate of drug-likeness (QED) is 0.473. The number of non-ortho nitro benzene ring substituents is 1. The summed E-state index contributed by atoms with van der Waals surface area (Å²) in [7, 11) is 0. The second-order valence-electron chi connectivity index (χ2n) is 5.44. The molecule has 1 aliphatic heterocycles. The lowest BCUT2D eigenvalue weighted by Crippen LogP contribution is -2.37. The maximum absolute atomic E-state index is 10.5. The summed E-state index contributed by atoms with van der Waals surface area (Å²) in [4.78, 5) is 12.5. The highest BCUT2D eigenvalue weighted by molar-refractivity contribution is 5.35. The van der Waals surface area contributed by atoms with Gasteiger partial charge in [-0.2, -0.15) is 0 Å². The zero-order valence-electron chi connectivity index (χ0n) is 12.1. The first-order valence-corrected chi connectivity index (χ1v) is 7.39. The topological polar surface area (TPSA) is 75.8 Å². The number of nitro groups is 1. The van der Waals surface area contributed by atoms with E-state index in [-0.39, 0.29) is 12.3 Å². The van der Waals surface area contributed by atoms with Crippen LogP contribution in [0.4, 0.5) is 5.69 Å². The molecule has 1 aromatic carbocycles. The van der Waals surface area contributed by atoms with Crippen LogP contribution in [0.5, 0.6) is 5.75 Å². The minimum absolute atomic E-state index is 0.0747. The van der Waals surface area contributed by atoms with Crippen molar-refractivity contribution in [2.45, 2.75) is 19.3 Å². The molecule has 1 N–H and O–H groups in total. The second kappa shape index (κ2) is 7.95. The summed E-state index contributed by atoms with van der Waals surface area (Å²) in [5, 5.41) is 19.7. The number of piperidine rings is 1. The summed E-state index contributed by atoms with van der Waals surface area (Å²) >= 11 is 0. The first-order valence-electron chi connectivity index (χ1n) is 7.39. The molecule has 0 aliphatic carbocycles. The van der Waals surface area contributed by atoms with Crippen LogP contribution in [-0.2, 0) is 0 Å². The Morgan fingerprint density at radius 2 is 2.14 bits per heavy atom. The molecule has 0 radical (unpaired) electrons. The Labute approximate surface area is 124 Å². The molecular weight excluding hydrogens is 272 g/mol. The van der Waals surface area contributed by atoms with E-state index >= 15 is 0 Å². The first kappa shape index (κ1) is 15.7. The molecule has 6 nitrogen and oxygen atoms in total. The van der Waals surface area contributed by atoms with E-state index in [9.17, 15) is 15.2 Å². The van der Waals surface area contributed by atoms with E-state index in [1.165, 1.54) is 12.1 Å². The Morgan fingerprint density at radius 1 is 1.38 bits per heavy atom. The fourth-order valence-electron chi connectivity index (χ4n) is 2.65. The monoisotopic (exact) mass is 294 g/mol. The van der Waals surface area contributed by atoms with Crippen LogP contribution in [0.2, 0.25) is 0 Å². The Hall–Kier alpha value is -1.66. The van der Waals surface area contributed by atoms with E-state index in [2.05, 4.69) is 4.90 Å². The highest BCUT2D eigenvalue weighted by atomic mass is 16.6. The van der Waals surface area contributed by atoms with Crippen molar-refractivity contribution in [3.05, 3.63) is 34.4 Å². The fraction of sp³-hybridized carbons (Fsp3) is 0.600. The fourth-order valence-corrected chi connectivity index (χ4v) is 2.65. The molecule has 1 heterocycles. The van der Waals surface area contributed by atoms with Crippen molar-refractivity contribution in [3.63, 3.8) is 0 Å². The molecule has 2 rings (SSSR count). The minimum Gasteiger partial charge on any atom is -0.494 e. The van der Waals surface area contributed by atoms with Crippen LogP contribution < -0.4 is 4.74 Å². The van der Waals surface area contributed by atoms with Crippen molar-refractivity contribution in [1.29, 1.82) is 0 Å². The molecular formula is C15H22N2O4. The van der Waals surface area contributed by atoms with Crippen molar-refractivity contribution < 1.29 is 14.8 Å². The average molecular weight is 294 g/mol. The molecule has 1 aromatic rings. The Balaban J connectivity index is 1.66. The summed E-state index contributed by atoms with van der Waals surface area (Å²) in [6.07, 6.45) is 3.18. The normalized spacial score (nSPS) is 19.4. The third kappa shape index (κ3) is 4.99. The van der Waals surface area contributed by atoms with Crippen LogP contribution in [-0.4, -0.2) is 47.8 Å². The molecule has 0 spiro atoms. The Bertz CT molecular complexity index is 449. The molecule has 6 heteroatoms. The number of hydrogen-bond donors (Lipinski definition) is 1. The van der Waals surface area contributed by atoms with Gasteiger partial charge in [0.1, 0.15) is 5.75 Å². The molecule has 0 bridgehead atoms. The lowest BCUT2D eigenvalue weighted by atomic mass is 9.99. The SMILES string of the molecule is O=[N+]([O-])c1ccc(OCCCN2CCCC(CO)C2)cc1. The van der Waals surface area contributed by atoms with Crippen molar-refractivity contribution in [2.75, 3.05) is 32.8 Å². The van der Waals surface area contributed by atoms with Gasteiger partial charge in [-0.05, 0) is 43.9 Å². The predicted octanol–water partition coefficient (Wildman–Crippen LogP) is 2.07. The van der Waals surface area contributed by atoms with Gasteiger partial charge in [-0.3, -0.25) is 10.1 Å². The van der Waals surface area contributed by atoms with Gasteiger partial charge in [-0.25, -0.2) is 0 Å². The number of benzene rings is 1. The maximum atomic E-state index is 10.5. The van der Waals surface area contributed by atoms with Crippen LogP contribution in [0, 0.1) is 16.0 Å². The van der Waals surface area contributed by atoms with Crippen LogP contribution in [0.25, 0.3) is 0 Å². The van der Waals surface area contributed by atoms with E-state index in [1.54, 1.807) is 12.1 Å². The zero-order valence-corrected chi connectivity index (χ0v) is 12.1. The first-order chi connectivity index (χ1) is 10.2. The minimum atomic E-state index is -0.419. The molecule has 0 amide bonds. The van der Waals surface area contributed by atoms with Gasteiger partial charge in [0.2, 0.25) is 0 Å². The van der Waals surface area contributed by atoms with Gasteiger partial charge >= 0.3 is 0 Å². The third-order valence-electron chi connectivity index (χ3n) is 3.80. The van der Waals surface area contributed by atoms with Gasteiger partial charge in [-0.1, -0.05) is 0 Å². The van der Waals surface area contributed by atoms with Crippen molar-refractivity contribution in [2.24, 2.45) is 5.92 Å². The van der Waals surface area contributed by atoms with Gasteiger partial charge in [0.25, 0.3) is 5.69 Å². The molecule has 0 saturated carbocycles. The smallest absolute Gasteiger partial charge is 0.269 e. The van der Waals surface area contributed by atoms with E-state index in [1.807, 2.05) is 0 Å². The number of rotatable bonds is 7. The van der Waals surface area contributed by atoms with Crippen LogP contribution in [0.3, 0.4) is 0 Å². The van der Waals surface area contributed by atoms with Crippen molar-refractivity contribution >= 4 is 5.69 Å². The maximum Gasteiger partial charge on any atom is 0.269 e. The standard InChI is InChI=1S/C15H22N2O4/c18-12-13-3-1-8-16(11-13)9-2-10-21-15-6-4-14(5-7-15)17(19)20/h4-7,13,18H,1-3,8-12H2. The van der Waals surface area contributed by atoms with Crippen molar-refractivity contribution in [3.8, 4) is 5.75 Å². The van der Waals surface area contributed by atoms with E-state index in [0.717, 1.165) is 38.9 Å². The second-order valence-corrected chi connectivity index (χ2v) is 5.44. The van der Waals surface area contributed by atoms with Gasteiger partial charge in [0.05, 0.1) is 11.5 Å². The van der Waals surface area contributed by atoms with E-state index in [4.69, 9.17) is 4.74 Å². The average Bonchev–Trinajstić information content (AvgIpc) is 2.52. The van der Waals surface area contributed by atoms with Gasteiger partial charge < -0.3 is 14.7 Å². The van der Waals surface area contributed by atoms with Crippen molar-refractivity contribution in [1.82, 2.24) is 4.90 Å². The number of hydrogen-bond acceptors (Lipinski definition) is 5. The summed E-state index contributed by atoms with van der Waals surface area (Å²) in [5.74, 6) is 1.07. The molecule has 1 fully saturated rings. The van der Waals surface area contributed by atoms with E-state index < -0.39 is 4.92 Å². The number of ether oxygens (including phenoxy) is 1. The molecule has 116 valence electrons. The predicted molar refractivity (Wildman–Crippen MR) is 79.5 cm³/mol. The molecule has 1 saturated heterocycles. The van der Waals surface area contributed by atoms with E-state index in [0.29, 0.717) is 18.3 Å². The highest BCUT2D eigenvalue weighted by Crippen LogP contribution is 2.18. The van der Waals surface area contributed by atoms with Gasteiger partial charge in [0, 0.05) is 31.8 Å². The number of nitro benzene ring substituents is 1. The van der Waals surface area contributed by atoms with Gasteiger partial charge in [-0.15, -0.1) is 0 Å². The lowest BCUT2D eigenvalue weighted by Gasteiger charge is -2.31. The van der Waals surface area contributed by atoms with Crippen LogP contribution in [0.1, 0.15) is 19.3 Å². The zero-order chi connectivity index (χ0) is 15.1. The number of likely N-dealkylation sites (tertiary alicyclic amines) is 1. The molecule has 21 heavy (non-hydrogen) atoms. The Morgan fingerprint density at radius 3 is 2.81 bits per heavy atom. The molecule has 0 aromatic heterocycles. The lowest BCUT2D eigenvalue weighted by molar-refractivity contribution is -0.384. The summed E-state index contributed by atoms with van der Waals surface area (Å²) in [6, 6.07) is 6.15. The summed E-state index contributed by atoms with van der Waals surface area (Å²) in [5.41, 5.74) is 0.0747. The number of nitrogens with zero attached hydrogens (tertiary/aromatic N) is 2. The largest absolute Gasteiger partial charge is 0.494 e. The molecule has 1 atom stereocenters. The highest BCUT2D eigenvalue weighted by Gasteiger charge is 2.18. The van der Waals surface area contributed by atoms with Crippen LogP contribution in [0.15, 0.2) is 24.3 Å². The summed E-state index contributed by atoms with van der Waals surface area (Å²) in [6.45, 7) is 3.89. The Kier molecular flexibility index (Phi) is 5.95. The number of aliphatic hydroxyl groups excluding tert-OH is 1. The third-order valence-corrected chi connectivity index (χ3v) is 3.80. The summed E-state index contributed by atoms with van der Waals surface area (Å²) < 4.78 is 5.59. The van der Waals surface area contributed by atoms with Gasteiger partial charge in [0.15, 0.2) is 0 Å². The molecule has 1 aliphatic rings. The number of aliphatic hydroxyl groups is 1. The van der Waals surface area contributed by atoms with Crippen LogP contribution >= 0.6 is 0 Å². The molecule has 1 unspecified atom stereocenters.